The Kier molecular flexibility index (Phi) is 7.92. The van der Waals surface area contributed by atoms with Gasteiger partial charge in [0, 0.05) is 22.2 Å². The molecular formula is C27H22ClF2N5O3S2. The van der Waals surface area contributed by atoms with E-state index in [9.17, 15) is 22.0 Å². The molecule has 3 aromatic carbocycles. The van der Waals surface area contributed by atoms with Crippen LogP contribution in [0.2, 0.25) is 5.02 Å². The molecule has 0 aliphatic carbocycles. The fourth-order valence-corrected chi connectivity index (χ4v) is 5.82. The molecule has 2 N–H and O–H groups in total. The van der Waals surface area contributed by atoms with Crippen LogP contribution in [-0.4, -0.2) is 34.8 Å². The Hall–Kier alpha value is -3.74. The number of amides is 1. The van der Waals surface area contributed by atoms with Crippen LogP contribution in [0.1, 0.15) is 24.1 Å². The molecule has 0 saturated heterocycles. The fraction of sp³-hybridized carbons (Fsp3) is 0.148. The summed E-state index contributed by atoms with van der Waals surface area (Å²) in [5, 5.41) is 11.6. The number of nitrogens with zero attached hydrogens (tertiary/aromatic N) is 3. The van der Waals surface area contributed by atoms with E-state index in [1.54, 1.807) is 31.2 Å². The molecule has 0 spiro atoms. The minimum absolute atomic E-state index is 0.288. The van der Waals surface area contributed by atoms with Gasteiger partial charge in [-0.1, -0.05) is 65.8 Å². The molecule has 2 heterocycles. The molecule has 0 bridgehead atoms. The predicted octanol–water partition coefficient (Wildman–Crippen LogP) is 6.15. The SMILES string of the molecule is CC1=C(C(=O)Nc2ccc(Cl)cc2)[C@@H](c2ccc(S(=O)(=O)C(F)F)cc2)n2nc(SCc3ccccc3)nc2N1. The third-order valence-electron chi connectivity index (χ3n) is 6.15. The van der Waals surface area contributed by atoms with Gasteiger partial charge < -0.3 is 10.6 Å². The molecule has 1 atom stereocenters. The van der Waals surface area contributed by atoms with E-state index in [1.165, 1.54) is 28.6 Å². The van der Waals surface area contributed by atoms with Gasteiger partial charge in [-0.05, 0) is 54.4 Å². The first-order valence-electron chi connectivity index (χ1n) is 11.9. The average Bonchev–Trinajstić information content (AvgIpc) is 3.35. The topological polar surface area (TPSA) is 106 Å². The summed E-state index contributed by atoms with van der Waals surface area (Å²) in [6.45, 7) is 1.72. The normalized spacial score (nSPS) is 15.1. The van der Waals surface area contributed by atoms with Gasteiger partial charge in [0.15, 0.2) is 0 Å². The number of thioether (sulfide) groups is 1. The van der Waals surface area contributed by atoms with Crippen molar-refractivity contribution in [3.63, 3.8) is 0 Å². The highest BCUT2D eigenvalue weighted by atomic mass is 35.5. The molecule has 5 rings (SSSR count). The Bertz CT molecular complexity index is 1680. The molecule has 13 heteroatoms. The van der Waals surface area contributed by atoms with Gasteiger partial charge in [-0.25, -0.2) is 13.1 Å². The van der Waals surface area contributed by atoms with E-state index in [4.69, 9.17) is 11.6 Å². The number of anilines is 2. The number of aromatic nitrogens is 3. The van der Waals surface area contributed by atoms with Crippen LogP contribution in [-0.2, 0) is 20.4 Å². The Labute approximate surface area is 238 Å². The highest BCUT2D eigenvalue weighted by Crippen LogP contribution is 2.37. The Morgan fingerprint density at radius 1 is 1.07 bits per heavy atom. The van der Waals surface area contributed by atoms with Crippen LogP contribution in [0.5, 0.6) is 0 Å². The zero-order valence-electron chi connectivity index (χ0n) is 20.9. The lowest BCUT2D eigenvalue weighted by Gasteiger charge is -2.28. The lowest BCUT2D eigenvalue weighted by Crippen LogP contribution is -2.31. The maximum Gasteiger partial charge on any atom is 0.341 e. The van der Waals surface area contributed by atoms with Crippen molar-refractivity contribution in [2.24, 2.45) is 0 Å². The van der Waals surface area contributed by atoms with E-state index in [1.807, 2.05) is 30.3 Å². The molecule has 40 heavy (non-hydrogen) atoms. The third kappa shape index (κ3) is 5.74. The van der Waals surface area contributed by atoms with Gasteiger partial charge in [0.2, 0.25) is 20.9 Å². The fourth-order valence-electron chi connectivity index (χ4n) is 4.19. The number of nitrogens with one attached hydrogen (secondary N) is 2. The number of halogens is 3. The predicted molar refractivity (Wildman–Crippen MR) is 150 cm³/mol. The minimum Gasteiger partial charge on any atom is -0.328 e. The van der Waals surface area contributed by atoms with E-state index < -0.39 is 32.4 Å². The zero-order chi connectivity index (χ0) is 28.4. The Morgan fingerprint density at radius 2 is 1.75 bits per heavy atom. The average molecular weight is 602 g/mol. The first-order chi connectivity index (χ1) is 19.1. The Morgan fingerprint density at radius 3 is 2.40 bits per heavy atom. The van der Waals surface area contributed by atoms with Crippen molar-refractivity contribution in [2.75, 3.05) is 10.6 Å². The number of hydrogen-bond donors (Lipinski definition) is 2. The minimum atomic E-state index is -4.79. The molecule has 1 aliphatic heterocycles. The van der Waals surface area contributed by atoms with Gasteiger partial charge in [-0.3, -0.25) is 4.79 Å². The van der Waals surface area contributed by atoms with Gasteiger partial charge in [-0.15, -0.1) is 5.10 Å². The summed E-state index contributed by atoms with van der Waals surface area (Å²) in [6.07, 6.45) is 0. The number of allylic oxidation sites excluding steroid dienone is 1. The van der Waals surface area contributed by atoms with Gasteiger partial charge in [0.05, 0.1) is 10.5 Å². The zero-order valence-corrected chi connectivity index (χ0v) is 23.3. The summed E-state index contributed by atoms with van der Waals surface area (Å²) in [6, 6.07) is 20.6. The van der Waals surface area contributed by atoms with Crippen molar-refractivity contribution in [3.05, 3.63) is 106 Å². The molecule has 8 nitrogen and oxygen atoms in total. The highest BCUT2D eigenvalue weighted by Gasteiger charge is 2.35. The molecule has 0 saturated carbocycles. The molecule has 0 radical (unpaired) electrons. The number of sulfone groups is 1. The highest BCUT2D eigenvalue weighted by molar-refractivity contribution is 7.98. The van der Waals surface area contributed by atoms with Crippen molar-refractivity contribution in [3.8, 4) is 0 Å². The number of rotatable bonds is 8. The molecule has 1 amide bonds. The molecule has 4 aromatic rings. The number of carbonyl (C=O) groups is 1. The van der Waals surface area contributed by atoms with E-state index >= 15 is 0 Å². The molecule has 1 aliphatic rings. The second-order valence-electron chi connectivity index (χ2n) is 8.84. The van der Waals surface area contributed by atoms with Gasteiger partial charge >= 0.3 is 5.76 Å². The summed E-state index contributed by atoms with van der Waals surface area (Å²) in [7, 11) is -4.79. The maximum atomic E-state index is 13.6. The summed E-state index contributed by atoms with van der Waals surface area (Å²) < 4.78 is 51.7. The van der Waals surface area contributed by atoms with Gasteiger partial charge in [0.1, 0.15) is 6.04 Å². The van der Waals surface area contributed by atoms with Crippen molar-refractivity contribution < 1.29 is 22.0 Å². The summed E-state index contributed by atoms with van der Waals surface area (Å²) >= 11 is 7.38. The lowest BCUT2D eigenvalue weighted by atomic mass is 9.95. The van der Waals surface area contributed by atoms with Crippen molar-refractivity contribution in [2.45, 2.75) is 34.5 Å². The molecule has 206 valence electrons. The van der Waals surface area contributed by atoms with Crippen LogP contribution in [0, 0.1) is 0 Å². The number of fused-ring (bicyclic) bond motifs is 1. The standard InChI is InChI=1S/C27H22ClF2N5O3S2/c1-16-22(24(36)32-20-11-9-19(28)10-12-20)23(18-7-13-21(14-8-18)40(37,38)25(29)30)35-26(31-16)33-27(34-35)39-15-17-5-3-2-4-6-17/h2-14,23,25H,15H2,1H3,(H,32,36)(H,31,33,34)/t23-/m1/s1. The number of carbonyl (C=O) groups excluding carboxylic acids is 1. The second-order valence-corrected chi connectivity index (χ2v) is 12.1. The van der Waals surface area contributed by atoms with E-state index in [2.05, 4.69) is 20.7 Å². The van der Waals surface area contributed by atoms with Gasteiger partial charge in [0.25, 0.3) is 5.91 Å². The van der Waals surface area contributed by atoms with Crippen LogP contribution < -0.4 is 10.6 Å². The number of benzene rings is 3. The maximum absolute atomic E-state index is 13.6. The lowest BCUT2D eigenvalue weighted by molar-refractivity contribution is -0.113. The third-order valence-corrected chi connectivity index (χ3v) is 8.71. The largest absolute Gasteiger partial charge is 0.341 e. The van der Waals surface area contributed by atoms with E-state index in [0.29, 0.717) is 38.8 Å². The van der Waals surface area contributed by atoms with Crippen molar-refractivity contribution in [1.29, 1.82) is 0 Å². The quantitative estimate of drug-likeness (QED) is 0.233. The summed E-state index contributed by atoms with van der Waals surface area (Å²) in [4.78, 5) is 17.7. The number of hydrogen-bond acceptors (Lipinski definition) is 7. The summed E-state index contributed by atoms with van der Waals surface area (Å²) in [5.74, 6) is -3.00. The van der Waals surface area contributed by atoms with Gasteiger partial charge in [-0.2, -0.15) is 13.8 Å². The molecular weight excluding hydrogens is 580 g/mol. The first kappa shape index (κ1) is 27.8. The van der Waals surface area contributed by atoms with Crippen molar-refractivity contribution in [1.82, 2.24) is 14.8 Å². The summed E-state index contributed by atoms with van der Waals surface area (Å²) in [5.41, 5.74) is 2.84. The smallest absolute Gasteiger partial charge is 0.328 e. The van der Waals surface area contributed by atoms with Crippen LogP contribution >= 0.6 is 23.4 Å². The van der Waals surface area contributed by atoms with Crippen LogP contribution in [0.25, 0.3) is 0 Å². The van der Waals surface area contributed by atoms with E-state index in [-0.39, 0.29) is 5.57 Å². The monoisotopic (exact) mass is 601 g/mol. The number of alkyl halides is 2. The van der Waals surface area contributed by atoms with Crippen molar-refractivity contribution >= 4 is 50.7 Å². The molecule has 0 unspecified atom stereocenters. The molecule has 0 fully saturated rings. The van der Waals surface area contributed by atoms with Crippen LogP contribution in [0.3, 0.4) is 0 Å². The first-order valence-corrected chi connectivity index (χ1v) is 14.8. The van der Waals surface area contributed by atoms with Crippen LogP contribution in [0.15, 0.2) is 100 Å². The second kappa shape index (κ2) is 11.4. The van der Waals surface area contributed by atoms with E-state index in [0.717, 1.165) is 17.7 Å². The molecule has 1 aromatic heterocycles. The Balaban J connectivity index is 1.52. The van der Waals surface area contributed by atoms with Crippen LogP contribution in [0.4, 0.5) is 20.4 Å².